The van der Waals surface area contributed by atoms with Crippen molar-refractivity contribution in [1.82, 2.24) is 15.3 Å². The molecule has 1 atom stereocenters. The summed E-state index contributed by atoms with van der Waals surface area (Å²) >= 11 is 0. The van der Waals surface area contributed by atoms with Crippen molar-refractivity contribution < 1.29 is 4.79 Å². The molecular formula is C15H18N4O. The van der Waals surface area contributed by atoms with Gasteiger partial charge >= 0.3 is 0 Å². The highest BCUT2D eigenvalue weighted by molar-refractivity contribution is 5.94. The Morgan fingerprint density at radius 3 is 2.60 bits per heavy atom. The summed E-state index contributed by atoms with van der Waals surface area (Å²) in [5, 5.41) is 6.03. The van der Waals surface area contributed by atoms with E-state index in [1.165, 1.54) is 0 Å². The monoisotopic (exact) mass is 270 g/mol. The van der Waals surface area contributed by atoms with E-state index in [-0.39, 0.29) is 11.9 Å². The summed E-state index contributed by atoms with van der Waals surface area (Å²) in [6.45, 7) is 4.74. The van der Waals surface area contributed by atoms with E-state index < -0.39 is 0 Å². The van der Waals surface area contributed by atoms with Crippen LogP contribution >= 0.6 is 0 Å². The molecule has 0 fully saturated rings. The Labute approximate surface area is 118 Å². The molecule has 5 nitrogen and oxygen atoms in total. The van der Waals surface area contributed by atoms with E-state index in [1.54, 1.807) is 30.7 Å². The molecule has 1 unspecified atom stereocenters. The predicted octanol–water partition coefficient (Wildman–Crippen LogP) is 2.40. The Balaban J connectivity index is 2.01. The van der Waals surface area contributed by atoms with Crippen molar-refractivity contribution in [3.8, 4) is 0 Å². The molecular weight excluding hydrogens is 252 g/mol. The minimum atomic E-state index is -0.134. The molecule has 1 amide bonds. The number of anilines is 1. The molecule has 2 aromatic rings. The van der Waals surface area contributed by atoms with Gasteiger partial charge in [-0.3, -0.25) is 9.78 Å². The number of carbonyl (C=O) groups is 1. The van der Waals surface area contributed by atoms with E-state index in [1.807, 2.05) is 26.0 Å². The quantitative estimate of drug-likeness (QED) is 0.875. The normalized spacial score (nSPS) is 11.7. The summed E-state index contributed by atoms with van der Waals surface area (Å²) < 4.78 is 0. The highest BCUT2D eigenvalue weighted by Crippen LogP contribution is 2.12. The van der Waals surface area contributed by atoms with Crippen LogP contribution in [0.4, 0.5) is 5.82 Å². The highest BCUT2D eigenvalue weighted by Gasteiger charge is 2.11. The standard InChI is InChI=1S/C15H18N4O/c1-3-17-14-5-4-13(10-18-14)15(20)19-11(2)12-6-8-16-9-7-12/h4-11H,3H2,1-2H3,(H,17,18)(H,19,20). The minimum Gasteiger partial charge on any atom is -0.370 e. The molecule has 0 saturated heterocycles. The van der Waals surface area contributed by atoms with E-state index >= 15 is 0 Å². The van der Waals surface area contributed by atoms with Crippen molar-refractivity contribution in [1.29, 1.82) is 0 Å². The third kappa shape index (κ3) is 3.54. The van der Waals surface area contributed by atoms with Crippen LogP contribution in [0.25, 0.3) is 0 Å². The Morgan fingerprint density at radius 2 is 2.00 bits per heavy atom. The molecule has 0 saturated carbocycles. The van der Waals surface area contributed by atoms with Gasteiger partial charge < -0.3 is 10.6 Å². The lowest BCUT2D eigenvalue weighted by Crippen LogP contribution is -2.26. The smallest absolute Gasteiger partial charge is 0.253 e. The number of nitrogens with one attached hydrogen (secondary N) is 2. The average molecular weight is 270 g/mol. The first-order valence-corrected chi connectivity index (χ1v) is 6.61. The second-order valence-corrected chi connectivity index (χ2v) is 4.44. The van der Waals surface area contributed by atoms with Gasteiger partial charge in [-0.2, -0.15) is 0 Å². The molecule has 20 heavy (non-hydrogen) atoms. The Hall–Kier alpha value is -2.43. The summed E-state index contributed by atoms with van der Waals surface area (Å²) in [5.74, 6) is 0.635. The topological polar surface area (TPSA) is 66.9 Å². The van der Waals surface area contributed by atoms with Gasteiger partial charge in [0.2, 0.25) is 0 Å². The summed E-state index contributed by atoms with van der Waals surface area (Å²) in [5.41, 5.74) is 1.57. The number of hydrogen-bond acceptors (Lipinski definition) is 4. The molecule has 104 valence electrons. The molecule has 0 radical (unpaired) electrons. The van der Waals surface area contributed by atoms with Crippen molar-refractivity contribution in [2.24, 2.45) is 0 Å². The fourth-order valence-electron chi connectivity index (χ4n) is 1.83. The molecule has 0 spiro atoms. The van der Waals surface area contributed by atoms with E-state index in [9.17, 15) is 4.79 Å². The number of aromatic nitrogens is 2. The fraction of sp³-hybridized carbons (Fsp3) is 0.267. The summed E-state index contributed by atoms with van der Waals surface area (Å²) in [6.07, 6.45) is 5.00. The molecule has 0 bridgehead atoms. The van der Waals surface area contributed by atoms with Crippen molar-refractivity contribution in [3.63, 3.8) is 0 Å². The van der Waals surface area contributed by atoms with Crippen molar-refractivity contribution in [2.45, 2.75) is 19.9 Å². The Bertz CT molecular complexity index is 554. The van der Waals surface area contributed by atoms with Gasteiger partial charge in [0.05, 0.1) is 11.6 Å². The van der Waals surface area contributed by atoms with Crippen molar-refractivity contribution >= 4 is 11.7 Å². The first-order chi connectivity index (χ1) is 9.70. The van der Waals surface area contributed by atoms with Crippen LogP contribution in [0.15, 0.2) is 42.9 Å². The second-order valence-electron chi connectivity index (χ2n) is 4.44. The summed E-state index contributed by atoms with van der Waals surface area (Å²) in [6, 6.07) is 7.27. The van der Waals surface area contributed by atoms with E-state index in [0.717, 1.165) is 17.9 Å². The SMILES string of the molecule is CCNc1ccc(C(=O)NC(C)c2ccncc2)cn1. The number of nitrogens with zero attached hydrogens (tertiary/aromatic N) is 2. The van der Waals surface area contributed by atoms with Gasteiger partial charge in [0, 0.05) is 25.1 Å². The number of carbonyl (C=O) groups excluding carboxylic acids is 1. The Morgan fingerprint density at radius 1 is 1.25 bits per heavy atom. The molecule has 0 aliphatic rings. The minimum absolute atomic E-state index is 0.0704. The molecule has 0 aliphatic carbocycles. The summed E-state index contributed by atoms with van der Waals surface area (Å²) in [7, 11) is 0. The third-order valence-electron chi connectivity index (χ3n) is 2.94. The molecule has 5 heteroatoms. The first kappa shape index (κ1) is 14.0. The molecule has 0 aromatic carbocycles. The maximum absolute atomic E-state index is 12.1. The summed E-state index contributed by atoms with van der Waals surface area (Å²) in [4.78, 5) is 20.3. The second kappa shape index (κ2) is 6.65. The van der Waals surface area contributed by atoms with Crippen LogP contribution in [0.1, 0.15) is 35.8 Å². The van der Waals surface area contributed by atoms with Crippen LogP contribution in [-0.4, -0.2) is 22.4 Å². The average Bonchev–Trinajstić information content (AvgIpc) is 2.49. The highest BCUT2D eigenvalue weighted by atomic mass is 16.1. The maximum Gasteiger partial charge on any atom is 0.253 e. The van der Waals surface area contributed by atoms with Crippen molar-refractivity contribution in [2.75, 3.05) is 11.9 Å². The van der Waals surface area contributed by atoms with Crippen LogP contribution in [-0.2, 0) is 0 Å². The van der Waals surface area contributed by atoms with Crippen LogP contribution in [0.2, 0.25) is 0 Å². The van der Waals surface area contributed by atoms with Gasteiger partial charge in [-0.25, -0.2) is 4.98 Å². The van der Waals surface area contributed by atoms with Gasteiger partial charge in [-0.15, -0.1) is 0 Å². The fourth-order valence-corrected chi connectivity index (χ4v) is 1.83. The van der Waals surface area contributed by atoms with Gasteiger partial charge in [-0.05, 0) is 43.7 Å². The van der Waals surface area contributed by atoms with Gasteiger partial charge in [-0.1, -0.05) is 0 Å². The lowest BCUT2D eigenvalue weighted by molar-refractivity contribution is 0.0939. The molecule has 2 N–H and O–H groups in total. The van der Waals surface area contributed by atoms with E-state index in [4.69, 9.17) is 0 Å². The first-order valence-electron chi connectivity index (χ1n) is 6.61. The van der Waals surface area contributed by atoms with Crippen LogP contribution < -0.4 is 10.6 Å². The third-order valence-corrected chi connectivity index (χ3v) is 2.94. The lowest BCUT2D eigenvalue weighted by atomic mass is 10.1. The van der Waals surface area contributed by atoms with Crippen LogP contribution in [0.5, 0.6) is 0 Å². The van der Waals surface area contributed by atoms with Crippen LogP contribution in [0.3, 0.4) is 0 Å². The molecule has 2 heterocycles. The molecule has 0 aliphatic heterocycles. The zero-order chi connectivity index (χ0) is 14.4. The Kier molecular flexibility index (Phi) is 4.65. The van der Waals surface area contributed by atoms with Gasteiger partial charge in [0.15, 0.2) is 0 Å². The van der Waals surface area contributed by atoms with Crippen molar-refractivity contribution in [3.05, 3.63) is 54.0 Å². The zero-order valence-electron chi connectivity index (χ0n) is 11.6. The number of pyridine rings is 2. The van der Waals surface area contributed by atoms with E-state index in [0.29, 0.717) is 5.56 Å². The maximum atomic E-state index is 12.1. The van der Waals surface area contributed by atoms with E-state index in [2.05, 4.69) is 20.6 Å². The zero-order valence-corrected chi connectivity index (χ0v) is 11.6. The van der Waals surface area contributed by atoms with Gasteiger partial charge in [0.1, 0.15) is 5.82 Å². The van der Waals surface area contributed by atoms with Gasteiger partial charge in [0.25, 0.3) is 5.91 Å². The number of hydrogen-bond donors (Lipinski definition) is 2. The lowest BCUT2D eigenvalue weighted by Gasteiger charge is -2.14. The number of rotatable bonds is 5. The molecule has 2 aromatic heterocycles. The predicted molar refractivity (Wildman–Crippen MR) is 78.5 cm³/mol. The van der Waals surface area contributed by atoms with Crippen LogP contribution in [0, 0.1) is 0 Å². The number of amides is 1. The largest absolute Gasteiger partial charge is 0.370 e. The molecule has 2 rings (SSSR count).